The van der Waals surface area contributed by atoms with Gasteiger partial charge in [0.25, 0.3) is 0 Å². The molecule has 3 heterocycles. The molecule has 0 fully saturated rings. The predicted octanol–water partition coefficient (Wildman–Crippen LogP) is 2.32. The summed E-state index contributed by atoms with van der Waals surface area (Å²) in [6.45, 7) is 1.99. The van der Waals surface area contributed by atoms with Crippen LogP contribution in [0.5, 0.6) is 0 Å². The van der Waals surface area contributed by atoms with Crippen molar-refractivity contribution in [2.24, 2.45) is 0 Å². The molecule has 5 aromatic rings. The Morgan fingerprint density at radius 3 is 2.03 bits per heavy atom. The number of nitrogens with zero attached hydrogens (tertiary/aromatic N) is 8. The fraction of sp³-hybridized carbons (Fsp3) is 0.182. The van der Waals surface area contributed by atoms with E-state index < -0.39 is 0 Å². The van der Waals surface area contributed by atoms with Crippen molar-refractivity contribution in [3.8, 4) is 0 Å². The van der Waals surface area contributed by atoms with E-state index in [2.05, 4.69) is 55.0 Å². The van der Waals surface area contributed by atoms with Gasteiger partial charge in [-0.05, 0) is 16.1 Å². The highest BCUT2D eigenvalue weighted by Gasteiger charge is 2.13. The minimum atomic E-state index is 0.579. The molecule has 0 radical (unpaired) electrons. The zero-order valence-corrected chi connectivity index (χ0v) is 18.1. The largest absolute Gasteiger partial charge is 0.310 e. The summed E-state index contributed by atoms with van der Waals surface area (Å²) in [5, 5.41) is 21.1. The fourth-order valence-electron chi connectivity index (χ4n) is 3.28. The molecule has 0 aliphatic rings. The third-order valence-electron chi connectivity index (χ3n) is 4.79. The fourth-order valence-corrected chi connectivity index (χ4v) is 4.00. The van der Waals surface area contributed by atoms with Crippen LogP contribution in [-0.4, -0.2) is 40.1 Å². The van der Waals surface area contributed by atoms with Crippen molar-refractivity contribution in [2.75, 3.05) is 0 Å². The summed E-state index contributed by atoms with van der Waals surface area (Å²) in [7, 11) is 0. The third kappa shape index (κ3) is 5.27. The van der Waals surface area contributed by atoms with Crippen LogP contribution in [0.25, 0.3) is 0 Å². The lowest BCUT2D eigenvalue weighted by Gasteiger charge is -1.99. The van der Waals surface area contributed by atoms with Crippen LogP contribution in [-0.2, 0) is 25.4 Å². The van der Waals surface area contributed by atoms with Crippen molar-refractivity contribution in [1.29, 1.82) is 0 Å². The molecule has 2 aromatic carbocycles. The van der Waals surface area contributed by atoms with Gasteiger partial charge in [0.1, 0.15) is 5.69 Å². The minimum Gasteiger partial charge on any atom is -0.248 e. The standard InChI is InChI=1S/C22H21N9S/c1-3-7-18(8-4-1)11-29-13-20(24-27-29)14-31-17-23-22(26-31)32-16-21-15-30(28-25-21)12-19-9-5-2-6-10-19/h1-10,13,15,17H,11-12,14,16H2/p+1. The Morgan fingerprint density at radius 2 is 1.38 bits per heavy atom. The van der Waals surface area contributed by atoms with Crippen molar-refractivity contribution in [2.45, 2.75) is 30.5 Å². The molecule has 5 rings (SSSR count). The molecule has 0 aliphatic heterocycles. The number of H-pyrrole nitrogens is 1. The summed E-state index contributed by atoms with van der Waals surface area (Å²) in [6.07, 6.45) is 5.70. The lowest BCUT2D eigenvalue weighted by Crippen LogP contribution is -2.35. The van der Waals surface area contributed by atoms with E-state index >= 15 is 0 Å². The first-order chi connectivity index (χ1) is 15.8. The van der Waals surface area contributed by atoms with Crippen molar-refractivity contribution in [3.05, 3.63) is 102 Å². The van der Waals surface area contributed by atoms with Crippen LogP contribution in [0.1, 0.15) is 22.5 Å². The molecule has 160 valence electrons. The van der Waals surface area contributed by atoms with Gasteiger partial charge in [0, 0.05) is 11.9 Å². The molecule has 9 nitrogen and oxygen atoms in total. The highest BCUT2D eigenvalue weighted by Crippen LogP contribution is 2.16. The van der Waals surface area contributed by atoms with Crippen molar-refractivity contribution in [1.82, 2.24) is 40.1 Å². The molecule has 3 aromatic heterocycles. The lowest BCUT2D eigenvalue weighted by molar-refractivity contribution is -0.745. The molecule has 0 aliphatic carbocycles. The maximum absolute atomic E-state index is 4.44. The smallest absolute Gasteiger partial charge is 0.248 e. The van der Waals surface area contributed by atoms with E-state index in [9.17, 15) is 0 Å². The van der Waals surface area contributed by atoms with E-state index in [0.717, 1.165) is 16.5 Å². The zero-order chi connectivity index (χ0) is 21.6. The predicted molar refractivity (Wildman–Crippen MR) is 119 cm³/mol. The van der Waals surface area contributed by atoms with Gasteiger partial charge in [-0.2, -0.15) is 9.78 Å². The van der Waals surface area contributed by atoms with Gasteiger partial charge in [-0.3, -0.25) is 0 Å². The monoisotopic (exact) mass is 444 g/mol. The van der Waals surface area contributed by atoms with Gasteiger partial charge in [0.15, 0.2) is 6.54 Å². The number of nitrogens with one attached hydrogen (secondary N) is 1. The molecule has 0 unspecified atom stereocenters. The Kier molecular flexibility index (Phi) is 6.02. The van der Waals surface area contributed by atoms with Crippen molar-refractivity contribution >= 4 is 11.8 Å². The van der Waals surface area contributed by atoms with E-state index in [1.807, 2.05) is 62.8 Å². The first kappa shape index (κ1) is 20.1. The second-order valence-corrected chi connectivity index (χ2v) is 8.33. The average Bonchev–Trinajstić information content (AvgIpc) is 3.56. The molecule has 0 saturated heterocycles. The van der Waals surface area contributed by atoms with Gasteiger partial charge in [-0.1, -0.05) is 82.9 Å². The number of hydrogen-bond donors (Lipinski definition) is 1. The molecular weight excluding hydrogens is 422 g/mol. The van der Waals surface area contributed by atoms with Crippen LogP contribution in [0.3, 0.4) is 0 Å². The Bertz CT molecular complexity index is 1260. The van der Waals surface area contributed by atoms with Crippen molar-refractivity contribution < 1.29 is 4.68 Å². The second-order valence-electron chi connectivity index (χ2n) is 7.36. The van der Waals surface area contributed by atoms with Gasteiger partial charge < -0.3 is 0 Å². The molecule has 0 saturated carbocycles. The van der Waals surface area contributed by atoms with Crippen LogP contribution in [0.2, 0.25) is 0 Å². The number of hydrogen-bond acceptors (Lipinski definition) is 6. The van der Waals surface area contributed by atoms with Gasteiger partial charge in [0.05, 0.1) is 25.0 Å². The maximum atomic E-state index is 4.44. The Morgan fingerprint density at radius 1 is 0.781 bits per heavy atom. The summed E-state index contributed by atoms with van der Waals surface area (Å²) in [5.74, 6) is 0.690. The first-order valence-electron chi connectivity index (χ1n) is 10.2. The number of rotatable bonds is 9. The minimum absolute atomic E-state index is 0.579. The molecule has 10 heteroatoms. The Labute approximate surface area is 189 Å². The van der Waals surface area contributed by atoms with Crippen LogP contribution in [0, 0.1) is 0 Å². The Balaban J connectivity index is 1.13. The first-order valence-corrected chi connectivity index (χ1v) is 11.2. The van der Waals surface area contributed by atoms with E-state index in [-0.39, 0.29) is 0 Å². The number of aromatic nitrogens is 9. The Hall–Kier alpha value is -3.79. The molecule has 0 spiro atoms. The van der Waals surface area contributed by atoms with E-state index in [1.54, 1.807) is 18.1 Å². The average molecular weight is 445 g/mol. The van der Waals surface area contributed by atoms with Gasteiger partial charge in [-0.15, -0.1) is 10.2 Å². The zero-order valence-electron chi connectivity index (χ0n) is 17.3. The van der Waals surface area contributed by atoms with E-state index in [1.165, 1.54) is 11.1 Å². The molecular formula is C22H22N9S+. The quantitative estimate of drug-likeness (QED) is 0.277. The third-order valence-corrected chi connectivity index (χ3v) is 5.70. The maximum Gasteiger partial charge on any atom is 0.310 e. The van der Waals surface area contributed by atoms with Crippen molar-refractivity contribution in [3.63, 3.8) is 0 Å². The molecule has 1 N–H and O–H groups in total. The lowest BCUT2D eigenvalue weighted by atomic mass is 10.2. The van der Waals surface area contributed by atoms with Crippen LogP contribution in [0.4, 0.5) is 0 Å². The topological polar surface area (TPSA) is 94.0 Å². The number of benzene rings is 2. The van der Waals surface area contributed by atoms with Gasteiger partial charge in [-0.25, -0.2) is 9.36 Å². The number of thioether (sulfide) groups is 1. The molecule has 0 atom stereocenters. The highest BCUT2D eigenvalue weighted by atomic mass is 32.2. The molecule has 0 amide bonds. The summed E-state index contributed by atoms with van der Waals surface area (Å²) in [5.41, 5.74) is 4.18. The van der Waals surface area contributed by atoms with Crippen LogP contribution in [0.15, 0.2) is 84.5 Å². The second kappa shape index (κ2) is 9.56. The summed E-state index contributed by atoms with van der Waals surface area (Å²) in [6, 6.07) is 20.4. The van der Waals surface area contributed by atoms with Gasteiger partial charge in [0.2, 0.25) is 0 Å². The molecule has 0 bridgehead atoms. The van der Waals surface area contributed by atoms with Crippen LogP contribution < -0.4 is 4.68 Å². The summed E-state index contributed by atoms with van der Waals surface area (Å²) in [4.78, 5) is 4.44. The summed E-state index contributed by atoms with van der Waals surface area (Å²) >= 11 is 1.59. The van der Waals surface area contributed by atoms with Crippen LogP contribution >= 0.6 is 11.8 Å². The summed E-state index contributed by atoms with van der Waals surface area (Å²) < 4.78 is 5.59. The SMILES string of the molecule is c1ccc(Cn2cc(CSc3nc[n+](Cc4cn(Cc5ccccc5)nn4)[nH]3)nn2)cc1. The van der Waals surface area contributed by atoms with Gasteiger partial charge >= 0.3 is 11.5 Å². The number of aromatic amines is 1. The highest BCUT2D eigenvalue weighted by molar-refractivity contribution is 7.98. The normalized spacial score (nSPS) is 11.1. The molecule has 32 heavy (non-hydrogen) atoms. The van der Waals surface area contributed by atoms with E-state index in [4.69, 9.17) is 0 Å². The van der Waals surface area contributed by atoms with E-state index in [0.29, 0.717) is 25.4 Å².